The van der Waals surface area contributed by atoms with Crippen LogP contribution in [0.4, 0.5) is 5.82 Å². The number of carbonyl (C=O) groups excluding carboxylic acids is 1. The van der Waals surface area contributed by atoms with Crippen LogP contribution < -0.4 is 4.90 Å². The summed E-state index contributed by atoms with van der Waals surface area (Å²) in [6.45, 7) is 2.28. The Bertz CT molecular complexity index is 1110. The van der Waals surface area contributed by atoms with Crippen molar-refractivity contribution in [3.63, 3.8) is 0 Å². The molecular formula is C23H24N6O2. The van der Waals surface area contributed by atoms with Crippen LogP contribution in [0, 0.1) is 11.3 Å². The number of hydrogen-bond acceptors (Lipinski definition) is 6. The van der Waals surface area contributed by atoms with Crippen molar-refractivity contribution in [2.45, 2.75) is 38.0 Å². The van der Waals surface area contributed by atoms with E-state index in [0.29, 0.717) is 38.3 Å². The summed E-state index contributed by atoms with van der Waals surface area (Å²) in [6.07, 6.45) is 7.80. The predicted octanol–water partition coefficient (Wildman–Crippen LogP) is 2.39. The molecule has 8 nitrogen and oxygen atoms in total. The highest BCUT2D eigenvalue weighted by atomic mass is 16.5. The van der Waals surface area contributed by atoms with Gasteiger partial charge in [-0.05, 0) is 37.1 Å². The fourth-order valence-corrected chi connectivity index (χ4v) is 4.70. The lowest BCUT2D eigenvalue weighted by Crippen LogP contribution is -2.55. The third-order valence-electron chi connectivity index (χ3n) is 6.20. The van der Waals surface area contributed by atoms with Gasteiger partial charge < -0.3 is 18.9 Å². The molecule has 0 spiro atoms. The van der Waals surface area contributed by atoms with Gasteiger partial charge >= 0.3 is 0 Å². The Morgan fingerprint density at radius 2 is 2.00 bits per heavy atom. The second kappa shape index (κ2) is 8.36. The van der Waals surface area contributed by atoms with E-state index in [9.17, 15) is 4.79 Å². The molecule has 0 radical (unpaired) electrons. The van der Waals surface area contributed by atoms with Gasteiger partial charge in [0.1, 0.15) is 17.5 Å². The Morgan fingerprint density at radius 3 is 2.74 bits per heavy atom. The van der Waals surface area contributed by atoms with E-state index in [4.69, 9.17) is 10.00 Å². The molecule has 3 aromatic heterocycles. The minimum Gasteiger partial charge on any atom is -0.375 e. The lowest BCUT2D eigenvalue weighted by Gasteiger charge is -2.41. The minimum atomic E-state index is 0.144. The van der Waals surface area contributed by atoms with E-state index in [1.54, 1.807) is 18.5 Å². The maximum atomic E-state index is 12.8. The molecule has 158 valence electrons. The van der Waals surface area contributed by atoms with E-state index < -0.39 is 0 Å². The van der Waals surface area contributed by atoms with Crippen molar-refractivity contribution in [3.05, 3.63) is 60.2 Å². The molecule has 2 atom stereocenters. The summed E-state index contributed by atoms with van der Waals surface area (Å²) in [5.74, 6) is 1.04. The van der Waals surface area contributed by atoms with Crippen LogP contribution >= 0.6 is 0 Å². The Morgan fingerprint density at radius 1 is 1.16 bits per heavy atom. The maximum absolute atomic E-state index is 12.8. The Hall–Kier alpha value is -3.44. The number of nitrogens with zero attached hydrogens (tertiary/aromatic N) is 6. The first-order valence-electron chi connectivity index (χ1n) is 10.6. The van der Waals surface area contributed by atoms with Crippen LogP contribution in [0.15, 0.2) is 48.9 Å². The minimum absolute atomic E-state index is 0.144. The fraction of sp³-hybridized carbons (Fsp3) is 0.391. The van der Waals surface area contributed by atoms with Gasteiger partial charge in [-0.25, -0.2) is 9.97 Å². The molecule has 2 aliphatic rings. The number of amides is 1. The molecular weight excluding hydrogens is 392 g/mol. The Labute approximate surface area is 180 Å². The van der Waals surface area contributed by atoms with Gasteiger partial charge in [-0.15, -0.1) is 0 Å². The molecule has 2 unspecified atom stereocenters. The Balaban J connectivity index is 1.14. The summed E-state index contributed by atoms with van der Waals surface area (Å²) in [6, 6.07) is 12.3. The number of ether oxygens (including phenoxy) is 1. The number of hydrogen-bond donors (Lipinski definition) is 0. The number of fused-ring (bicyclic) bond motifs is 3. The van der Waals surface area contributed by atoms with Crippen molar-refractivity contribution in [3.8, 4) is 6.07 Å². The van der Waals surface area contributed by atoms with Crippen LogP contribution in [0.5, 0.6) is 0 Å². The van der Waals surface area contributed by atoms with Crippen molar-refractivity contribution >= 4 is 17.4 Å². The van der Waals surface area contributed by atoms with Crippen LogP contribution in [-0.2, 0) is 16.1 Å². The smallest absolute Gasteiger partial charge is 0.225 e. The molecule has 2 bridgehead atoms. The van der Waals surface area contributed by atoms with Crippen molar-refractivity contribution in [1.29, 1.82) is 5.26 Å². The normalized spacial score (nSPS) is 20.2. The molecule has 8 heteroatoms. The summed E-state index contributed by atoms with van der Waals surface area (Å²) in [7, 11) is 0. The Kier molecular flexibility index (Phi) is 5.26. The monoisotopic (exact) mass is 416 g/mol. The van der Waals surface area contributed by atoms with E-state index in [0.717, 1.165) is 30.0 Å². The highest BCUT2D eigenvalue weighted by Gasteiger charge is 2.41. The molecule has 0 aliphatic carbocycles. The van der Waals surface area contributed by atoms with Gasteiger partial charge in [0.2, 0.25) is 5.91 Å². The molecule has 5 heterocycles. The molecule has 5 rings (SSSR count). The second-order valence-electron chi connectivity index (χ2n) is 8.08. The van der Waals surface area contributed by atoms with Gasteiger partial charge in [0.25, 0.3) is 0 Å². The van der Waals surface area contributed by atoms with Gasteiger partial charge in [-0.3, -0.25) is 4.79 Å². The molecule has 2 fully saturated rings. The number of likely N-dealkylation sites (tertiary alicyclic amines) is 1. The van der Waals surface area contributed by atoms with E-state index in [2.05, 4.69) is 20.9 Å². The summed E-state index contributed by atoms with van der Waals surface area (Å²) in [5, 5.41) is 8.98. The van der Waals surface area contributed by atoms with Crippen molar-refractivity contribution in [2.75, 3.05) is 24.6 Å². The van der Waals surface area contributed by atoms with Gasteiger partial charge in [0.05, 0.1) is 25.2 Å². The third-order valence-corrected chi connectivity index (χ3v) is 6.20. The van der Waals surface area contributed by atoms with Crippen molar-refractivity contribution in [1.82, 2.24) is 19.3 Å². The first-order chi connectivity index (χ1) is 15.2. The molecule has 1 amide bonds. The number of carbonyl (C=O) groups is 1. The van der Waals surface area contributed by atoms with Gasteiger partial charge in [-0.2, -0.15) is 5.26 Å². The lowest BCUT2D eigenvalue weighted by molar-refractivity contribution is -0.133. The number of anilines is 1. The quantitative estimate of drug-likeness (QED) is 0.574. The first-order valence-corrected chi connectivity index (χ1v) is 10.6. The topological polar surface area (TPSA) is 86.8 Å². The summed E-state index contributed by atoms with van der Waals surface area (Å²) >= 11 is 0. The van der Waals surface area contributed by atoms with Crippen LogP contribution in [0.2, 0.25) is 0 Å². The van der Waals surface area contributed by atoms with E-state index in [1.165, 1.54) is 0 Å². The molecule has 0 saturated carbocycles. The highest BCUT2D eigenvalue weighted by molar-refractivity contribution is 5.77. The maximum Gasteiger partial charge on any atom is 0.225 e. The average molecular weight is 416 g/mol. The lowest BCUT2D eigenvalue weighted by atomic mass is 10.1. The van der Waals surface area contributed by atoms with Crippen LogP contribution in [0.3, 0.4) is 0 Å². The summed E-state index contributed by atoms with van der Waals surface area (Å²) in [5.41, 5.74) is 2.47. The van der Waals surface area contributed by atoms with Crippen molar-refractivity contribution < 1.29 is 9.53 Å². The average Bonchev–Trinajstić information content (AvgIpc) is 3.39. The van der Waals surface area contributed by atoms with Gasteiger partial charge in [-0.1, -0.05) is 6.07 Å². The summed E-state index contributed by atoms with van der Waals surface area (Å²) < 4.78 is 7.79. The molecule has 2 aliphatic heterocycles. The zero-order valence-electron chi connectivity index (χ0n) is 17.2. The van der Waals surface area contributed by atoms with E-state index in [-0.39, 0.29) is 18.0 Å². The highest BCUT2D eigenvalue weighted by Crippen LogP contribution is 2.34. The van der Waals surface area contributed by atoms with E-state index in [1.807, 2.05) is 39.8 Å². The van der Waals surface area contributed by atoms with E-state index >= 15 is 0 Å². The fourth-order valence-electron chi connectivity index (χ4n) is 4.70. The zero-order chi connectivity index (χ0) is 21.2. The number of aromatic nitrogens is 3. The standard InChI is InChI=1S/C23H24N6O2/c24-12-17-4-7-22(26-13-17)29-18-5-6-19(29)15-27(14-18)23(30)8-11-31-16-20-2-1-3-21-25-9-10-28(20)21/h1-4,7,9-10,13,18-19H,5-6,8,11,14-16H2. The molecule has 2 saturated heterocycles. The van der Waals surface area contributed by atoms with Crippen LogP contribution in [-0.4, -0.2) is 57.0 Å². The molecule has 31 heavy (non-hydrogen) atoms. The predicted molar refractivity (Wildman–Crippen MR) is 114 cm³/mol. The van der Waals surface area contributed by atoms with Gasteiger partial charge in [0, 0.05) is 49.5 Å². The van der Waals surface area contributed by atoms with Crippen LogP contribution in [0.1, 0.15) is 30.5 Å². The molecule has 0 N–H and O–H groups in total. The number of imidazole rings is 1. The first kappa shape index (κ1) is 19.5. The number of pyridine rings is 2. The second-order valence-corrected chi connectivity index (χ2v) is 8.08. The van der Waals surface area contributed by atoms with Crippen LogP contribution in [0.25, 0.3) is 5.65 Å². The zero-order valence-corrected chi connectivity index (χ0v) is 17.2. The largest absolute Gasteiger partial charge is 0.375 e. The number of nitriles is 1. The number of rotatable bonds is 6. The molecule has 0 aromatic carbocycles. The third kappa shape index (κ3) is 3.84. The summed E-state index contributed by atoms with van der Waals surface area (Å²) in [4.78, 5) is 25.8. The SMILES string of the molecule is N#Cc1ccc(N2C3CCC2CN(C(=O)CCOCc2cccc4nccn24)C3)nc1. The van der Waals surface area contributed by atoms with Gasteiger partial charge in [0.15, 0.2) is 0 Å². The molecule has 3 aromatic rings. The van der Waals surface area contributed by atoms with Crippen molar-refractivity contribution in [2.24, 2.45) is 0 Å². The number of piperazine rings is 1.